The van der Waals surface area contributed by atoms with Crippen LogP contribution in [0, 0.1) is 18.6 Å². The highest BCUT2D eigenvalue weighted by Crippen LogP contribution is 2.33. The van der Waals surface area contributed by atoms with E-state index in [1.165, 1.54) is 23.5 Å². The molecule has 2 aromatic carbocycles. The van der Waals surface area contributed by atoms with Crippen molar-refractivity contribution >= 4 is 23.1 Å². The minimum absolute atomic E-state index is 0.0682. The molecule has 180 valence electrons. The van der Waals surface area contributed by atoms with Gasteiger partial charge in [0, 0.05) is 28.5 Å². The molecule has 8 heteroatoms. The number of ether oxygens (including phenoxy) is 1. The maximum atomic E-state index is 13.7. The fourth-order valence-corrected chi connectivity index (χ4v) is 4.79. The molecule has 0 aliphatic carbocycles. The molecule has 1 atom stereocenters. The fourth-order valence-electron chi connectivity index (χ4n) is 3.58. The van der Waals surface area contributed by atoms with Gasteiger partial charge in [0.05, 0.1) is 5.69 Å². The normalized spacial score (nSPS) is 12.1. The van der Waals surface area contributed by atoms with Gasteiger partial charge in [-0.15, -0.1) is 11.3 Å². The van der Waals surface area contributed by atoms with Crippen LogP contribution in [0.25, 0.3) is 10.6 Å². The second kappa shape index (κ2) is 10.9. The Bertz CT molecular complexity index is 1190. The molecule has 3 aromatic rings. The minimum atomic E-state index is -1.03. The Kier molecular flexibility index (Phi) is 8.15. The number of halogens is 2. The van der Waals surface area contributed by atoms with Gasteiger partial charge in [-0.1, -0.05) is 20.8 Å². The molecule has 0 radical (unpaired) electrons. The Balaban J connectivity index is 1.76. The molecule has 1 aromatic heterocycles. The summed E-state index contributed by atoms with van der Waals surface area (Å²) < 4.78 is 32.9. The van der Waals surface area contributed by atoms with Crippen LogP contribution >= 0.6 is 11.3 Å². The Morgan fingerprint density at radius 2 is 1.79 bits per heavy atom. The standard InChI is InChI=1S/C26H27F2NO4S/c1-5-21(26(31)32)33-22-8-6-16(10-15(22)4)20(30)7-9-23-24(14(2)3)29-25(34-23)17-11-18(27)13-19(28)12-17/h6,8,10-14,21H,5,7,9H2,1-4H3,(H,31,32). The Hall–Kier alpha value is -3.13. The van der Waals surface area contributed by atoms with Crippen LogP contribution in [0.5, 0.6) is 5.75 Å². The van der Waals surface area contributed by atoms with E-state index in [-0.39, 0.29) is 18.1 Å². The molecule has 1 heterocycles. The van der Waals surface area contributed by atoms with E-state index in [1.54, 1.807) is 32.0 Å². The lowest BCUT2D eigenvalue weighted by molar-refractivity contribution is -0.145. The number of carbonyl (C=O) groups is 2. The first-order valence-electron chi connectivity index (χ1n) is 11.1. The number of hydrogen-bond acceptors (Lipinski definition) is 5. The number of ketones is 1. The second-order valence-corrected chi connectivity index (χ2v) is 9.48. The summed E-state index contributed by atoms with van der Waals surface area (Å²) in [6.07, 6.45) is 0.0790. The summed E-state index contributed by atoms with van der Waals surface area (Å²) in [5.74, 6) is -1.90. The van der Waals surface area contributed by atoms with Crippen molar-refractivity contribution in [3.63, 3.8) is 0 Å². The minimum Gasteiger partial charge on any atom is -0.479 e. The van der Waals surface area contributed by atoms with Crippen LogP contribution in [0.15, 0.2) is 36.4 Å². The van der Waals surface area contributed by atoms with E-state index in [1.807, 2.05) is 13.8 Å². The van der Waals surface area contributed by atoms with Crippen LogP contribution in [0.4, 0.5) is 8.78 Å². The summed E-state index contributed by atoms with van der Waals surface area (Å²) in [4.78, 5) is 29.6. The smallest absolute Gasteiger partial charge is 0.344 e. The number of hydrogen-bond donors (Lipinski definition) is 1. The molecule has 1 unspecified atom stereocenters. The molecule has 0 fully saturated rings. The fraction of sp³-hybridized carbons (Fsp3) is 0.346. The first kappa shape index (κ1) is 25.5. The molecular weight excluding hydrogens is 460 g/mol. The molecule has 0 aliphatic heterocycles. The number of benzene rings is 2. The van der Waals surface area contributed by atoms with Crippen molar-refractivity contribution in [3.05, 3.63) is 69.7 Å². The number of carboxylic acids is 1. The van der Waals surface area contributed by atoms with Crippen LogP contribution in [0.1, 0.15) is 66.0 Å². The Labute approximate surface area is 201 Å². The highest BCUT2D eigenvalue weighted by Gasteiger charge is 2.20. The number of nitrogens with zero attached hydrogens (tertiary/aromatic N) is 1. The molecule has 0 saturated heterocycles. The Morgan fingerprint density at radius 1 is 1.12 bits per heavy atom. The number of aliphatic carboxylic acids is 1. The van der Waals surface area contributed by atoms with Crippen LogP contribution in [-0.4, -0.2) is 27.9 Å². The monoisotopic (exact) mass is 487 g/mol. The quantitative estimate of drug-likeness (QED) is 0.327. The molecule has 0 spiro atoms. The van der Waals surface area contributed by atoms with E-state index in [9.17, 15) is 23.5 Å². The van der Waals surface area contributed by atoms with Crippen molar-refractivity contribution in [1.82, 2.24) is 4.98 Å². The summed E-state index contributed by atoms with van der Waals surface area (Å²) in [6.45, 7) is 7.47. The maximum absolute atomic E-state index is 13.7. The first-order valence-corrected chi connectivity index (χ1v) is 11.9. The zero-order chi connectivity index (χ0) is 25.0. The van der Waals surface area contributed by atoms with Crippen LogP contribution in [-0.2, 0) is 11.2 Å². The number of Topliss-reactive ketones (excluding diaryl/α,β-unsaturated/α-hetero) is 1. The van der Waals surface area contributed by atoms with Gasteiger partial charge in [0.2, 0.25) is 0 Å². The lowest BCUT2D eigenvalue weighted by Gasteiger charge is -2.15. The van der Waals surface area contributed by atoms with Gasteiger partial charge in [-0.3, -0.25) is 4.79 Å². The van der Waals surface area contributed by atoms with Crippen molar-refractivity contribution in [3.8, 4) is 16.3 Å². The largest absolute Gasteiger partial charge is 0.479 e. The van der Waals surface area contributed by atoms with Gasteiger partial charge < -0.3 is 9.84 Å². The SMILES string of the molecule is CCC(Oc1ccc(C(=O)CCc2sc(-c3cc(F)cc(F)c3)nc2C(C)C)cc1C)C(=O)O. The molecule has 0 aliphatic rings. The van der Waals surface area contributed by atoms with Crippen molar-refractivity contribution in [1.29, 1.82) is 0 Å². The van der Waals surface area contributed by atoms with Crippen molar-refractivity contribution in [2.45, 2.75) is 59.0 Å². The third kappa shape index (κ3) is 6.05. The third-order valence-corrected chi connectivity index (χ3v) is 6.56. The van der Waals surface area contributed by atoms with E-state index < -0.39 is 23.7 Å². The average Bonchev–Trinajstić information content (AvgIpc) is 3.20. The highest BCUT2D eigenvalue weighted by molar-refractivity contribution is 7.15. The van der Waals surface area contributed by atoms with E-state index in [4.69, 9.17) is 4.74 Å². The molecule has 3 rings (SSSR count). The third-order valence-electron chi connectivity index (χ3n) is 5.38. The van der Waals surface area contributed by atoms with E-state index in [0.717, 1.165) is 16.6 Å². The number of thiazole rings is 1. The van der Waals surface area contributed by atoms with Crippen molar-refractivity contribution < 1.29 is 28.2 Å². The van der Waals surface area contributed by atoms with Gasteiger partial charge in [-0.25, -0.2) is 18.6 Å². The maximum Gasteiger partial charge on any atom is 0.344 e. The van der Waals surface area contributed by atoms with E-state index >= 15 is 0 Å². The van der Waals surface area contributed by atoms with Crippen molar-refractivity contribution in [2.75, 3.05) is 0 Å². The van der Waals surface area contributed by atoms with Gasteiger partial charge >= 0.3 is 5.97 Å². The summed E-state index contributed by atoms with van der Waals surface area (Å²) in [7, 11) is 0. The van der Waals surface area contributed by atoms with Gasteiger partial charge in [0.1, 0.15) is 22.4 Å². The lowest BCUT2D eigenvalue weighted by Crippen LogP contribution is -2.26. The number of carbonyl (C=O) groups excluding carboxylic acids is 1. The Morgan fingerprint density at radius 3 is 2.35 bits per heavy atom. The van der Waals surface area contributed by atoms with Gasteiger partial charge in [0.25, 0.3) is 0 Å². The summed E-state index contributed by atoms with van der Waals surface area (Å²) in [5.41, 5.74) is 2.38. The lowest BCUT2D eigenvalue weighted by atomic mass is 10.0. The topological polar surface area (TPSA) is 76.5 Å². The van der Waals surface area contributed by atoms with Gasteiger partial charge in [-0.05, 0) is 61.6 Å². The number of aryl methyl sites for hydroxylation is 2. The molecule has 0 saturated carbocycles. The van der Waals surface area contributed by atoms with Crippen molar-refractivity contribution in [2.24, 2.45) is 0 Å². The number of rotatable bonds is 10. The molecule has 1 N–H and O–H groups in total. The molecule has 34 heavy (non-hydrogen) atoms. The summed E-state index contributed by atoms with van der Waals surface area (Å²) in [6, 6.07) is 8.28. The molecule has 0 amide bonds. The van der Waals surface area contributed by atoms with Gasteiger partial charge in [-0.2, -0.15) is 0 Å². The van der Waals surface area contributed by atoms with Crippen LogP contribution < -0.4 is 4.74 Å². The predicted octanol–water partition coefficient (Wildman–Crippen LogP) is 6.58. The number of carboxylic acid groups (broad SMARTS) is 1. The predicted molar refractivity (Wildman–Crippen MR) is 128 cm³/mol. The molecule has 5 nitrogen and oxygen atoms in total. The summed E-state index contributed by atoms with van der Waals surface area (Å²) in [5, 5.41) is 9.71. The van der Waals surface area contributed by atoms with Crippen LogP contribution in [0.2, 0.25) is 0 Å². The number of aromatic nitrogens is 1. The second-order valence-electron chi connectivity index (χ2n) is 8.40. The van der Waals surface area contributed by atoms with Gasteiger partial charge in [0.15, 0.2) is 11.9 Å². The van der Waals surface area contributed by atoms with Crippen LogP contribution in [0.3, 0.4) is 0 Å². The zero-order valence-corrected chi connectivity index (χ0v) is 20.3. The zero-order valence-electron chi connectivity index (χ0n) is 19.5. The molecule has 0 bridgehead atoms. The first-order chi connectivity index (χ1) is 16.1. The summed E-state index contributed by atoms with van der Waals surface area (Å²) >= 11 is 1.34. The highest BCUT2D eigenvalue weighted by atomic mass is 32.1. The average molecular weight is 488 g/mol. The van der Waals surface area contributed by atoms with E-state index in [2.05, 4.69) is 4.98 Å². The van der Waals surface area contributed by atoms with E-state index in [0.29, 0.717) is 40.3 Å². The molecular formula is C26H27F2NO4S.